The van der Waals surface area contributed by atoms with E-state index in [1.807, 2.05) is 65.6 Å². The minimum atomic E-state index is -0.207. The number of carbonyl (C=O) groups is 1. The maximum atomic E-state index is 13.1. The van der Waals surface area contributed by atoms with Gasteiger partial charge in [-0.3, -0.25) is 9.78 Å². The molecule has 0 aliphatic carbocycles. The van der Waals surface area contributed by atoms with E-state index >= 15 is 0 Å². The summed E-state index contributed by atoms with van der Waals surface area (Å²) < 4.78 is 3.25. The van der Waals surface area contributed by atoms with Gasteiger partial charge in [0.2, 0.25) is 5.91 Å². The van der Waals surface area contributed by atoms with E-state index in [0.717, 1.165) is 38.5 Å². The van der Waals surface area contributed by atoms with Gasteiger partial charge in [-0.05, 0) is 80.2 Å². The molecule has 8 heteroatoms. The lowest BCUT2D eigenvalue weighted by molar-refractivity contribution is -0.116. The third-order valence-electron chi connectivity index (χ3n) is 6.42. The number of nitrogens with zero attached hydrogens (tertiary/aromatic N) is 3. The lowest BCUT2D eigenvalue weighted by Crippen LogP contribution is -2.37. The second kappa shape index (κ2) is 10.2. The summed E-state index contributed by atoms with van der Waals surface area (Å²) in [5.74, 6) is -0.127. The first-order valence-electron chi connectivity index (χ1n) is 11.7. The van der Waals surface area contributed by atoms with Crippen LogP contribution in [0.5, 0.6) is 0 Å². The van der Waals surface area contributed by atoms with E-state index in [1.54, 1.807) is 6.20 Å². The van der Waals surface area contributed by atoms with Gasteiger partial charge in [0.15, 0.2) is 5.11 Å². The third kappa shape index (κ3) is 4.79. The van der Waals surface area contributed by atoms with E-state index in [-0.39, 0.29) is 24.5 Å². The zero-order chi connectivity index (χ0) is 25.2. The van der Waals surface area contributed by atoms with Crippen LogP contribution in [0.4, 0.5) is 5.69 Å². The quantitative estimate of drug-likeness (QED) is 0.289. The zero-order valence-corrected chi connectivity index (χ0v) is 22.4. The third-order valence-corrected chi connectivity index (χ3v) is 7.27. The van der Waals surface area contributed by atoms with Crippen LogP contribution < -0.4 is 10.6 Å². The average molecular weight is 561 g/mol. The van der Waals surface area contributed by atoms with Crippen molar-refractivity contribution in [1.82, 2.24) is 19.8 Å². The van der Waals surface area contributed by atoms with Crippen LogP contribution in [-0.2, 0) is 4.79 Å². The molecule has 0 saturated carbocycles. The summed E-state index contributed by atoms with van der Waals surface area (Å²) in [6.07, 6.45) is 1.78. The van der Waals surface area contributed by atoms with Crippen LogP contribution in [0.1, 0.15) is 34.7 Å². The maximum absolute atomic E-state index is 13.1. The standard InChI is InChI=1S/C28H26BrN5OS/c1-18-15-23(19(2)34(18)22-12-8-9-20(29)16-22)27-26(24-13-6-7-14-30-24)32-28(36)33(27)17-25(35)31-21-10-4-3-5-11-21/h3-16,26-27H,17H2,1-2H3,(H,31,35)(H,32,36)/t26-,27+/m1/s1. The van der Waals surface area contributed by atoms with Gasteiger partial charge in [0, 0.05) is 33.4 Å². The summed E-state index contributed by atoms with van der Waals surface area (Å²) in [6.45, 7) is 4.33. The molecule has 1 amide bonds. The molecule has 2 atom stereocenters. The summed E-state index contributed by atoms with van der Waals surface area (Å²) in [7, 11) is 0. The van der Waals surface area contributed by atoms with Gasteiger partial charge in [0.05, 0.1) is 17.8 Å². The van der Waals surface area contributed by atoms with Crippen molar-refractivity contribution in [3.63, 3.8) is 0 Å². The molecule has 2 aromatic carbocycles. The SMILES string of the molecule is Cc1cc([C@H]2[C@@H](c3ccccn3)NC(=S)N2CC(=O)Nc2ccccc2)c(C)n1-c1cccc(Br)c1. The fraction of sp³-hybridized carbons (Fsp3) is 0.179. The lowest BCUT2D eigenvalue weighted by Gasteiger charge is -2.27. The number of nitrogens with one attached hydrogen (secondary N) is 2. The fourth-order valence-corrected chi connectivity index (χ4v) is 5.58. The van der Waals surface area contributed by atoms with E-state index < -0.39 is 0 Å². The van der Waals surface area contributed by atoms with Crippen molar-refractivity contribution in [1.29, 1.82) is 0 Å². The molecule has 2 aromatic heterocycles. The van der Waals surface area contributed by atoms with Crippen LogP contribution >= 0.6 is 28.1 Å². The largest absolute Gasteiger partial charge is 0.352 e. The van der Waals surface area contributed by atoms with Gasteiger partial charge in [-0.15, -0.1) is 0 Å². The van der Waals surface area contributed by atoms with E-state index in [9.17, 15) is 4.79 Å². The Kier molecular flexibility index (Phi) is 6.89. The Hall–Kier alpha value is -3.49. The van der Waals surface area contributed by atoms with Crippen molar-refractivity contribution in [2.24, 2.45) is 0 Å². The van der Waals surface area contributed by atoms with Crippen LogP contribution in [0.3, 0.4) is 0 Å². The topological polar surface area (TPSA) is 62.2 Å². The van der Waals surface area contributed by atoms with Crippen molar-refractivity contribution in [2.45, 2.75) is 25.9 Å². The van der Waals surface area contributed by atoms with Crippen molar-refractivity contribution >= 4 is 44.9 Å². The molecule has 5 rings (SSSR count). The van der Waals surface area contributed by atoms with Crippen LogP contribution in [0.25, 0.3) is 5.69 Å². The number of benzene rings is 2. The Labute approximate surface area is 224 Å². The molecule has 0 radical (unpaired) electrons. The molecule has 1 aliphatic heterocycles. The van der Waals surface area contributed by atoms with Crippen LogP contribution in [0.15, 0.2) is 89.5 Å². The Morgan fingerprint density at radius 3 is 2.56 bits per heavy atom. The normalized spacial score (nSPS) is 17.2. The van der Waals surface area contributed by atoms with Gasteiger partial charge in [0.25, 0.3) is 0 Å². The van der Waals surface area contributed by atoms with E-state index in [4.69, 9.17) is 12.2 Å². The molecule has 0 unspecified atom stereocenters. The predicted octanol–water partition coefficient (Wildman–Crippen LogP) is 5.86. The average Bonchev–Trinajstić information content (AvgIpc) is 3.35. The van der Waals surface area contributed by atoms with Crippen molar-refractivity contribution < 1.29 is 4.79 Å². The highest BCUT2D eigenvalue weighted by molar-refractivity contribution is 9.10. The second-order valence-corrected chi connectivity index (χ2v) is 10.1. The molecule has 6 nitrogen and oxygen atoms in total. The first-order valence-corrected chi connectivity index (χ1v) is 12.9. The Bertz CT molecular complexity index is 1410. The van der Waals surface area contributed by atoms with Crippen LogP contribution in [0.2, 0.25) is 0 Å². The monoisotopic (exact) mass is 559 g/mol. The zero-order valence-electron chi connectivity index (χ0n) is 20.0. The predicted molar refractivity (Wildman–Crippen MR) is 150 cm³/mol. The number of rotatable bonds is 6. The summed E-state index contributed by atoms with van der Waals surface area (Å²) in [6, 6.07) is 25.3. The second-order valence-electron chi connectivity index (χ2n) is 8.81. The highest BCUT2D eigenvalue weighted by atomic mass is 79.9. The number of pyridine rings is 1. The van der Waals surface area contributed by atoms with E-state index in [2.05, 4.69) is 68.2 Å². The Balaban J connectivity index is 1.54. The smallest absolute Gasteiger partial charge is 0.244 e. The van der Waals surface area contributed by atoms with Gasteiger partial charge >= 0.3 is 0 Å². The van der Waals surface area contributed by atoms with E-state index in [0.29, 0.717) is 5.11 Å². The highest BCUT2D eigenvalue weighted by Gasteiger charge is 2.42. The summed E-state index contributed by atoms with van der Waals surface area (Å²) in [5.41, 5.74) is 6.00. The molecule has 36 heavy (non-hydrogen) atoms. The number of amides is 1. The number of aromatic nitrogens is 2. The molecule has 0 bridgehead atoms. The van der Waals surface area contributed by atoms with Crippen LogP contribution in [-0.4, -0.2) is 32.0 Å². The maximum Gasteiger partial charge on any atom is 0.244 e. The minimum absolute atomic E-state index is 0.120. The molecule has 2 N–H and O–H groups in total. The number of thiocarbonyl (C=S) groups is 1. The Morgan fingerprint density at radius 2 is 1.83 bits per heavy atom. The molecule has 1 saturated heterocycles. The molecule has 1 aliphatic rings. The molecule has 4 aromatic rings. The Morgan fingerprint density at radius 1 is 1.06 bits per heavy atom. The molecule has 0 spiro atoms. The molecular formula is C28H26BrN5OS. The highest BCUT2D eigenvalue weighted by Crippen LogP contribution is 2.41. The number of halogens is 1. The summed E-state index contributed by atoms with van der Waals surface area (Å²) in [5, 5.41) is 6.96. The van der Waals surface area contributed by atoms with Gasteiger partial charge < -0.3 is 20.1 Å². The minimum Gasteiger partial charge on any atom is -0.352 e. The number of para-hydroxylation sites is 1. The van der Waals surface area contributed by atoms with E-state index in [1.165, 1.54) is 0 Å². The van der Waals surface area contributed by atoms with Gasteiger partial charge in [0.1, 0.15) is 6.54 Å². The number of aryl methyl sites for hydroxylation is 1. The van der Waals surface area contributed by atoms with Crippen molar-refractivity contribution in [3.05, 3.63) is 112 Å². The van der Waals surface area contributed by atoms with Crippen LogP contribution in [0, 0.1) is 13.8 Å². The number of carbonyl (C=O) groups excluding carboxylic acids is 1. The molecule has 182 valence electrons. The first-order chi connectivity index (χ1) is 17.4. The number of hydrogen-bond acceptors (Lipinski definition) is 3. The van der Waals surface area contributed by atoms with Crippen molar-refractivity contribution in [2.75, 3.05) is 11.9 Å². The van der Waals surface area contributed by atoms with Gasteiger partial charge in [-0.25, -0.2) is 0 Å². The molecule has 1 fully saturated rings. The molecular weight excluding hydrogens is 534 g/mol. The first kappa shape index (κ1) is 24.2. The van der Waals surface area contributed by atoms with Gasteiger partial charge in [-0.1, -0.05) is 46.3 Å². The summed E-state index contributed by atoms with van der Waals surface area (Å²) in [4.78, 5) is 19.7. The van der Waals surface area contributed by atoms with Gasteiger partial charge in [-0.2, -0.15) is 0 Å². The molecule has 3 heterocycles. The number of anilines is 1. The number of hydrogen-bond donors (Lipinski definition) is 2. The fourth-order valence-electron chi connectivity index (χ4n) is 4.89. The lowest BCUT2D eigenvalue weighted by atomic mass is 9.96. The summed E-state index contributed by atoms with van der Waals surface area (Å²) >= 11 is 9.36. The van der Waals surface area contributed by atoms with Crippen molar-refractivity contribution in [3.8, 4) is 5.69 Å².